The Kier molecular flexibility index (Phi) is 7.57. The average molecular weight is 736 g/mol. The molecule has 0 amide bonds. The zero-order valence-corrected chi connectivity index (χ0v) is 30.6. The molecular weight excluding hydrogens is 707 g/mol. The molecule has 0 fully saturated rings. The Hall–Kier alpha value is -7.35. The van der Waals surface area contributed by atoms with E-state index in [0.29, 0.717) is 23.3 Å². The molecule has 0 radical (unpaired) electrons. The molecule has 0 unspecified atom stereocenters. The van der Waals surface area contributed by atoms with Crippen LogP contribution in [0.1, 0.15) is 0 Å². The summed E-state index contributed by atoms with van der Waals surface area (Å²) in [7, 11) is 0. The van der Waals surface area contributed by atoms with E-state index in [9.17, 15) is 0 Å². The highest BCUT2D eigenvalue weighted by Crippen LogP contribution is 2.42. The number of benzene rings is 7. The molecule has 6 nitrogen and oxygen atoms in total. The molecule has 56 heavy (non-hydrogen) atoms. The second-order valence-corrected chi connectivity index (χ2v) is 14.7. The summed E-state index contributed by atoms with van der Waals surface area (Å²) in [6.45, 7) is 0. The second kappa shape index (κ2) is 13.2. The van der Waals surface area contributed by atoms with Crippen molar-refractivity contribution in [2.75, 3.05) is 0 Å². The molecule has 4 aromatic heterocycles. The Morgan fingerprint density at radius 2 is 0.946 bits per heavy atom. The van der Waals surface area contributed by atoms with E-state index < -0.39 is 0 Å². The van der Waals surface area contributed by atoms with Gasteiger partial charge >= 0.3 is 0 Å². The fourth-order valence-electron chi connectivity index (χ4n) is 7.47. The van der Waals surface area contributed by atoms with Gasteiger partial charge in [0.05, 0.1) is 15.9 Å². The first kappa shape index (κ1) is 32.1. The van der Waals surface area contributed by atoms with Crippen molar-refractivity contribution in [3.63, 3.8) is 0 Å². The number of fused-ring (bicyclic) bond motifs is 6. The summed E-state index contributed by atoms with van der Waals surface area (Å²) in [6.07, 6.45) is 0. The topological polar surface area (TPSA) is 77.6 Å². The molecule has 0 N–H and O–H groups in total. The maximum absolute atomic E-state index is 6.59. The van der Waals surface area contributed by atoms with Gasteiger partial charge in [0.25, 0.3) is 0 Å². The van der Waals surface area contributed by atoms with Gasteiger partial charge in [-0.25, -0.2) is 24.9 Å². The van der Waals surface area contributed by atoms with Gasteiger partial charge in [0.1, 0.15) is 11.2 Å². The van der Waals surface area contributed by atoms with Gasteiger partial charge in [-0.15, -0.1) is 11.3 Å². The summed E-state index contributed by atoms with van der Waals surface area (Å²) in [6, 6.07) is 59.8. The first-order valence-corrected chi connectivity index (χ1v) is 19.2. The van der Waals surface area contributed by atoms with Crippen LogP contribution in [0.3, 0.4) is 0 Å². The predicted molar refractivity (Wildman–Crippen MR) is 228 cm³/mol. The molecule has 262 valence electrons. The Labute approximate surface area is 325 Å². The second-order valence-electron chi connectivity index (χ2n) is 13.6. The van der Waals surface area contributed by atoms with Gasteiger partial charge in [-0.2, -0.15) is 0 Å². The molecule has 7 aromatic carbocycles. The molecule has 0 saturated carbocycles. The molecule has 0 spiro atoms. The lowest BCUT2D eigenvalue weighted by Crippen LogP contribution is -2.00. The molecule has 0 aliphatic carbocycles. The average Bonchev–Trinajstić information content (AvgIpc) is 3.85. The highest BCUT2D eigenvalue weighted by atomic mass is 32.1. The number of hydrogen-bond acceptors (Lipinski definition) is 7. The monoisotopic (exact) mass is 735 g/mol. The third-order valence-corrected chi connectivity index (χ3v) is 11.3. The predicted octanol–water partition coefficient (Wildman–Crippen LogP) is 12.9. The van der Waals surface area contributed by atoms with Gasteiger partial charge in [0, 0.05) is 48.7 Å². The normalized spacial score (nSPS) is 11.6. The van der Waals surface area contributed by atoms with Crippen LogP contribution in [0.5, 0.6) is 0 Å². The zero-order valence-electron chi connectivity index (χ0n) is 29.8. The van der Waals surface area contributed by atoms with E-state index >= 15 is 0 Å². The first-order chi connectivity index (χ1) is 27.7. The summed E-state index contributed by atoms with van der Waals surface area (Å²) in [5.74, 6) is 2.55. The van der Waals surface area contributed by atoms with Crippen LogP contribution in [-0.2, 0) is 0 Å². The lowest BCUT2D eigenvalue weighted by atomic mass is 9.99. The number of furan rings is 1. The number of hydrogen-bond donors (Lipinski definition) is 0. The minimum absolute atomic E-state index is 0.593. The molecule has 4 heterocycles. The Morgan fingerprint density at radius 1 is 0.375 bits per heavy atom. The van der Waals surface area contributed by atoms with Crippen LogP contribution < -0.4 is 0 Å². The van der Waals surface area contributed by atoms with Crippen molar-refractivity contribution in [2.24, 2.45) is 0 Å². The van der Waals surface area contributed by atoms with Gasteiger partial charge in [-0.1, -0.05) is 146 Å². The third kappa shape index (κ3) is 5.52. The minimum Gasteiger partial charge on any atom is -0.456 e. The fraction of sp³-hybridized carbons (Fsp3) is 0. The van der Waals surface area contributed by atoms with Crippen molar-refractivity contribution in [3.8, 4) is 67.9 Å². The van der Waals surface area contributed by atoms with Crippen LogP contribution in [0.15, 0.2) is 180 Å². The van der Waals surface area contributed by atoms with Crippen LogP contribution in [-0.4, -0.2) is 24.9 Å². The lowest BCUT2D eigenvalue weighted by Gasteiger charge is -2.09. The van der Waals surface area contributed by atoms with Crippen LogP contribution in [0, 0.1) is 0 Å². The van der Waals surface area contributed by atoms with Gasteiger partial charge in [0.2, 0.25) is 0 Å². The quantitative estimate of drug-likeness (QED) is 0.169. The molecule has 7 heteroatoms. The summed E-state index contributed by atoms with van der Waals surface area (Å²) in [5.41, 5.74) is 10.3. The maximum atomic E-state index is 6.59. The molecule has 11 aromatic rings. The highest BCUT2D eigenvalue weighted by molar-refractivity contribution is 7.26. The fourth-order valence-corrected chi connectivity index (χ4v) is 8.62. The molecule has 0 bridgehead atoms. The molecule has 0 saturated heterocycles. The van der Waals surface area contributed by atoms with Crippen molar-refractivity contribution in [2.45, 2.75) is 0 Å². The SMILES string of the molecule is c1ccc(-c2nc(-c3ccccc3)nc(-c3cccc4oc5cc(-c6cccc(-c7nc(-c8ccccc8)nc8c7sc7ccccc78)c6)ccc5c34)n2)cc1. The van der Waals surface area contributed by atoms with E-state index in [1.165, 1.54) is 4.70 Å². The van der Waals surface area contributed by atoms with Crippen LogP contribution in [0.25, 0.3) is 110 Å². The van der Waals surface area contributed by atoms with Crippen molar-refractivity contribution in [1.82, 2.24) is 24.9 Å². The number of thiophene rings is 1. The lowest BCUT2D eigenvalue weighted by molar-refractivity contribution is 0.669. The molecule has 0 aliphatic heterocycles. The maximum Gasteiger partial charge on any atom is 0.164 e. The third-order valence-electron chi connectivity index (χ3n) is 10.2. The van der Waals surface area contributed by atoms with Gasteiger partial charge in [0.15, 0.2) is 23.3 Å². The first-order valence-electron chi connectivity index (χ1n) is 18.4. The number of rotatable bonds is 6. The summed E-state index contributed by atoms with van der Waals surface area (Å²) in [4.78, 5) is 25.3. The molecule has 11 rings (SSSR count). The number of nitrogens with zero attached hydrogens (tertiary/aromatic N) is 5. The van der Waals surface area contributed by atoms with Crippen LogP contribution in [0.2, 0.25) is 0 Å². The van der Waals surface area contributed by atoms with Gasteiger partial charge < -0.3 is 4.42 Å². The molecular formula is C49H29N5OS. The molecule has 0 atom stereocenters. The summed E-state index contributed by atoms with van der Waals surface area (Å²) >= 11 is 1.74. The van der Waals surface area contributed by atoms with Crippen molar-refractivity contribution in [3.05, 3.63) is 176 Å². The van der Waals surface area contributed by atoms with Gasteiger partial charge in [-0.05, 0) is 41.5 Å². The van der Waals surface area contributed by atoms with E-state index in [1.54, 1.807) is 11.3 Å². The van der Waals surface area contributed by atoms with Crippen molar-refractivity contribution >= 4 is 53.6 Å². The Bertz CT molecular complexity index is 3190. The Balaban J connectivity index is 1.04. The van der Waals surface area contributed by atoms with Crippen molar-refractivity contribution in [1.29, 1.82) is 0 Å². The number of aromatic nitrogens is 5. The van der Waals surface area contributed by atoms with Crippen molar-refractivity contribution < 1.29 is 4.42 Å². The largest absolute Gasteiger partial charge is 0.456 e. The van der Waals surface area contributed by atoms with Crippen LogP contribution >= 0.6 is 11.3 Å². The van der Waals surface area contributed by atoms with E-state index in [0.717, 1.165) is 82.2 Å². The van der Waals surface area contributed by atoms with E-state index in [-0.39, 0.29) is 0 Å². The Morgan fingerprint density at radius 3 is 1.66 bits per heavy atom. The van der Waals surface area contributed by atoms with E-state index in [4.69, 9.17) is 29.3 Å². The van der Waals surface area contributed by atoms with Crippen LogP contribution in [0.4, 0.5) is 0 Å². The standard InChI is InChI=1S/C49H29N5OS/c1-4-14-30(15-5-1)46-50-43(45-44(51-46)37-22-10-11-25-41(37)56-45)35-21-12-20-33(28-35)34-26-27-36-40(29-34)55-39-24-13-23-38(42(36)39)49-53-47(31-16-6-2-7-17-31)52-48(54-49)32-18-8-3-9-19-32/h1-29H. The smallest absolute Gasteiger partial charge is 0.164 e. The zero-order chi connectivity index (χ0) is 37.0. The summed E-state index contributed by atoms with van der Waals surface area (Å²) < 4.78 is 8.86. The van der Waals surface area contributed by atoms with E-state index in [2.05, 4.69) is 84.9 Å². The minimum atomic E-state index is 0.593. The summed E-state index contributed by atoms with van der Waals surface area (Å²) in [5, 5.41) is 3.10. The van der Waals surface area contributed by atoms with E-state index in [1.807, 2.05) is 91.0 Å². The molecule has 0 aliphatic rings. The van der Waals surface area contributed by atoms with Gasteiger partial charge in [-0.3, -0.25) is 0 Å². The highest BCUT2D eigenvalue weighted by Gasteiger charge is 2.20.